The Hall–Kier alpha value is -1.34. The first-order valence-electron chi connectivity index (χ1n) is 6.74. The van der Waals surface area contributed by atoms with Crippen LogP contribution in [0.15, 0.2) is 18.2 Å². The Kier molecular flexibility index (Phi) is 8.07. The fourth-order valence-corrected chi connectivity index (χ4v) is 1.98. The number of hydrogen-bond donors (Lipinski definition) is 3. The molecule has 0 saturated heterocycles. The Balaban J connectivity index is 2.46. The lowest BCUT2D eigenvalue weighted by Gasteiger charge is -2.20. The van der Waals surface area contributed by atoms with Crippen molar-refractivity contribution in [2.75, 3.05) is 51.0 Å². The zero-order valence-corrected chi connectivity index (χ0v) is 12.9. The Morgan fingerprint density at radius 2 is 2.19 bits per heavy atom. The molecule has 0 heterocycles. The minimum absolute atomic E-state index is 0.0482. The molecule has 0 spiro atoms. The Bertz CT molecular complexity index is 457. The van der Waals surface area contributed by atoms with Gasteiger partial charge in [0.25, 0.3) is 0 Å². The van der Waals surface area contributed by atoms with Crippen molar-refractivity contribution in [3.8, 4) is 0 Å². The van der Waals surface area contributed by atoms with Crippen LogP contribution >= 0.6 is 11.6 Å². The number of ether oxygens (including phenoxy) is 1. The highest BCUT2D eigenvalue weighted by Crippen LogP contribution is 2.22. The van der Waals surface area contributed by atoms with E-state index in [1.165, 1.54) is 0 Å². The molecule has 0 atom stereocenters. The smallest absolute Gasteiger partial charge is 0.225 e. The number of anilines is 2. The fourth-order valence-electron chi connectivity index (χ4n) is 1.81. The molecule has 6 nitrogen and oxygen atoms in total. The van der Waals surface area contributed by atoms with E-state index in [0.717, 1.165) is 0 Å². The lowest BCUT2D eigenvalue weighted by molar-refractivity contribution is -0.116. The van der Waals surface area contributed by atoms with Gasteiger partial charge in [-0.25, -0.2) is 0 Å². The van der Waals surface area contributed by atoms with Gasteiger partial charge in [0.2, 0.25) is 5.91 Å². The number of nitrogens with two attached hydrogens (primary N) is 1. The molecule has 1 amide bonds. The molecule has 1 aromatic carbocycles. The quantitative estimate of drug-likeness (QED) is 0.596. The highest BCUT2D eigenvalue weighted by Gasteiger charge is 2.09. The van der Waals surface area contributed by atoms with Gasteiger partial charge in [0.1, 0.15) is 0 Å². The molecule has 118 valence electrons. The number of hydrogen-bond acceptors (Lipinski definition) is 5. The van der Waals surface area contributed by atoms with Gasteiger partial charge in [0.05, 0.1) is 24.6 Å². The second kappa shape index (κ2) is 9.57. The normalized spacial score (nSPS) is 10.9. The lowest BCUT2D eigenvalue weighted by atomic mass is 10.2. The van der Waals surface area contributed by atoms with Crippen LogP contribution in [0.4, 0.5) is 11.4 Å². The monoisotopic (exact) mass is 315 g/mol. The number of rotatable bonds is 9. The molecule has 0 aliphatic carbocycles. The maximum atomic E-state index is 11.9. The SMILES string of the molecule is COCCN(CCO)CCC(=O)Nc1cc(Cl)ccc1N. The number of aliphatic hydroxyl groups is 1. The average molecular weight is 316 g/mol. The average Bonchev–Trinajstić information content (AvgIpc) is 2.46. The highest BCUT2D eigenvalue weighted by atomic mass is 35.5. The van der Waals surface area contributed by atoms with Crippen LogP contribution in [0.25, 0.3) is 0 Å². The van der Waals surface area contributed by atoms with Crippen molar-refractivity contribution in [1.82, 2.24) is 4.90 Å². The maximum Gasteiger partial charge on any atom is 0.225 e. The molecule has 0 saturated carbocycles. The van der Waals surface area contributed by atoms with E-state index in [0.29, 0.717) is 49.1 Å². The van der Waals surface area contributed by atoms with E-state index in [9.17, 15) is 4.79 Å². The minimum atomic E-state index is -0.149. The standard InChI is InChI=1S/C14H22ClN3O3/c1-21-9-7-18(6-8-19)5-4-14(20)17-13-10-11(15)2-3-12(13)16/h2-3,10,19H,4-9,16H2,1H3,(H,17,20). The Labute approximate surface area is 129 Å². The van der Waals surface area contributed by atoms with E-state index in [1.54, 1.807) is 25.3 Å². The van der Waals surface area contributed by atoms with E-state index >= 15 is 0 Å². The van der Waals surface area contributed by atoms with Crippen LogP contribution in [-0.4, -0.2) is 55.9 Å². The Morgan fingerprint density at radius 1 is 1.43 bits per heavy atom. The fraction of sp³-hybridized carbons (Fsp3) is 0.500. The molecule has 4 N–H and O–H groups in total. The van der Waals surface area contributed by atoms with Crippen LogP contribution in [0.3, 0.4) is 0 Å². The number of nitrogen functional groups attached to an aromatic ring is 1. The van der Waals surface area contributed by atoms with E-state index in [1.807, 2.05) is 4.90 Å². The molecular weight excluding hydrogens is 294 g/mol. The van der Waals surface area contributed by atoms with Gasteiger partial charge in [-0.3, -0.25) is 9.69 Å². The summed E-state index contributed by atoms with van der Waals surface area (Å²) in [6.45, 7) is 2.32. The first-order valence-corrected chi connectivity index (χ1v) is 7.11. The van der Waals surface area contributed by atoms with Gasteiger partial charge in [-0.05, 0) is 18.2 Å². The number of methoxy groups -OCH3 is 1. The predicted molar refractivity (Wildman–Crippen MR) is 84.5 cm³/mol. The molecule has 1 rings (SSSR count). The summed E-state index contributed by atoms with van der Waals surface area (Å²) in [6.07, 6.45) is 0.301. The lowest BCUT2D eigenvalue weighted by Crippen LogP contribution is -2.33. The van der Waals surface area contributed by atoms with Gasteiger partial charge >= 0.3 is 0 Å². The second-order valence-electron chi connectivity index (χ2n) is 4.59. The van der Waals surface area contributed by atoms with Gasteiger partial charge in [-0.1, -0.05) is 11.6 Å². The largest absolute Gasteiger partial charge is 0.397 e. The van der Waals surface area contributed by atoms with Crippen molar-refractivity contribution in [3.63, 3.8) is 0 Å². The van der Waals surface area contributed by atoms with Crippen molar-refractivity contribution in [3.05, 3.63) is 23.2 Å². The van der Waals surface area contributed by atoms with Crippen LogP contribution in [-0.2, 0) is 9.53 Å². The van der Waals surface area contributed by atoms with Crippen molar-refractivity contribution in [2.45, 2.75) is 6.42 Å². The first kappa shape index (κ1) is 17.7. The number of aliphatic hydroxyl groups excluding tert-OH is 1. The third-order valence-electron chi connectivity index (χ3n) is 2.97. The second-order valence-corrected chi connectivity index (χ2v) is 5.02. The molecule has 0 aromatic heterocycles. The third kappa shape index (κ3) is 6.77. The number of halogens is 1. The molecule has 0 aliphatic rings. The van der Waals surface area contributed by atoms with E-state index < -0.39 is 0 Å². The first-order chi connectivity index (χ1) is 10.1. The summed E-state index contributed by atoms with van der Waals surface area (Å²) < 4.78 is 4.99. The summed E-state index contributed by atoms with van der Waals surface area (Å²) in [4.78, 5) is 13.9. The number of amides is 1. The van der Waals surface area contributed by atoms with Crippen LogP contribution in [0.5, 0.6) is 0 Å². The zero-order chi connectivity index (χ0) is 15.7. The van der Waals surface area contributed by atoms with Gasteiger partial charge in [-0.15, -0.1) is 0 Å². The van der Waals surface area contributed by atoms with Crippen molar-refractivity contribution in [2.24, 2.45) is 0 Å². The number of benzene rings is 1. The van der Waals surface area contributed by atoms with Crippen LogP contribution in [0.1, 0.15) is 6.42 Å². The zero-order valence-electron chi connectivity index (χ0n) is 12.1. The molecule has 7 heteroatoms. The van der Waals surface area contributed by atoms with Crippen LogP contribution in [0, 0.1) is 0 Å². The molecule has 1 aromatic rings. The minimum Gasteiger partial charge on any atom is -0.397 e. The van der Waals surface area contributed by atoms with Crippen molar-refractivity contribution < 1.29 is 14.6 Å². The van der Waals surface area contributed by atoms with Crippen LogP contribution in [0.2, 0.25) is 5.02 Å². The Morgan fingerprint density at radius 3 is 2.86 bits per heavy atom. The topological polar surface area (TPSA) is 87.8 Å². The van der Waals surface area contributed by atoms with Gasteiger partial charge in [-0.2, -0.15) is 0 Å². The molecule has 0 unspecified atom stereocenters. The number of carbonyl (C=O) groups is 1. The van der Waals surface area contributed by atoms with Gasteiger partial charge < -0.3 is 20.9 Å². The van der Waals surface area contributed by atoms with E-state index in [-0.39, 0.29) is 12.5 Å². The molecule has 0 bridgehead atoms. The van der Waals surface area contributed by atoms with Crippen molar-refractivity contribution in [1.29, 1.82) is 0 Å². The van der Waals surface area contributed by atoms with E-state index in [2.05, 4.69) is 5.32 Å². The van der Waals surface area contributed by atoms with Crippen LogP contribution < -0.4 is 11.1 Å². The number of nitrogens with zero attached hydrogens (tertiary/aromatic N) is 1. The third-order valence-corrected chi connectivity index (χ3v) is 3.21. The summed E-state index contributed by atoms with van der Waals surface area (Å²) >= 11 is 5.87. The van der Waals surface area contributed by atoms with Crippen molar-refractivity contribution >= 4 is 28.9 Å². The molecule has 21 heavy (non-hydrogen) atoms. The predicted octanol–water partition coefficient (Wildman–Crippen LogP) is 1.19. The molecule has 0 radical (unpaired) electrons. The van der Waals surface area contributed by atoms with E-state index in [4.69, 9.17) is 27.2 Å². The number of nitrogens with one attached hydrogen (secondary N) is 1. The molecule has 0 aliphatic heterocycles. The maximum absolute atomic E-state index is 11.9. The summed E-state index contributed by atoms with van der Waals surface area (Å²) in [6, 6.07) is 4.93. The summed E-state index contributed by atoms with van der Waals surface area (Å²) in [5, 5.41) is 12.2. The summed E-state index contributed by atoms with van der Waals surface area (Å²) in [5.41, 5.74) is 6.76. The summed E-state index contributed by atoms with van der Waals surface area (Å²) in [5.74, 6) is -0.149. The van der Waals surface area contributed by atoms with Gasteiger partial charge in [0.15, 0.2) is 0 Å². The number of carbonyl (C=O) groups excluding carboxylic acids is 1. The van der Waals surface area contributed by atoms with Gasteiger partial charge in [0, 0.05) is 38.2 Å². The summed E-state index contributed by atoms with van der Waals surface area (Å²) in [7, 11) is 1.62. The molecule has 0 fully saturated rings. The molecular formula is C14H22ClN3O3. The highest BCUT2D eigenvalue weighted by molar-refractivity contribution is 6.31.